The van der Waals surface area contributed by atoms with Gasteiger partial charge in [-0.25, -0.2) is 4.98 Å². The quantitative estimate of drug-likeness (QED) is 0.875. The molecular formula is C12H10BrN3O. The van der Waals surface area contributed by atoms with Crippen LogP contribution in [0.4, 0.5) is 5.82 Å². The Morgan fingerprint density at radius 3 is 2.53 bits per heavy atom. The number of nitrogens with zero attached hydrogens (tertiary/aromatic N) is 2. The summed E-state index contributed by atoms with van der Waals surface area (Å²) < 4.78 is 0.493. The van der Waals surface area contributed by atoms with Gasteiger partial charge in [-0.15, -0.1) is 0 Å². The van der Waals surface area contributed by atoms with Crippen LogP contribution in [0.1, 0.15) is 11.1 Å². The average Bonchev–Trinajstić information content (AvgIpc) is 2.76. The lowest BCUT2D eigenvalue weighted by atomic mass is 10.1. The largest absolute Gasteiger partial charge is 0.347 e. The third kappa shape index (κ3) is 1.76. The predicted molar refractivity (Wildman–Crippen MR) is 68.9 cm³/mol. The van der Waals surface area contributed by atoms with Gasteiger partial charge in [-0.05, 0) is 27.1 Å². The molecule has 0 radical (unpaired) electrons. The van der Waals surface area contributed by atoms with Crippen LogP contribution in [0.3, 0.4) is 0 Å². The van der Waals surface area contributed by atoms with Gasteiger partial charge in [0.05, 0.1) is 6.33 Å². The third-order valence-corrected chi connectivity index (χ3v) is 3.63. The average molecular weight is 292 g/mol. The molecule has 3 rings (SSSR count). The van der Waals surface area contributed by atoms with E-state index in [2.05, 4.69) is 42.9 Å². The number of nitrogens with one attached hydrogen (secondary N) is 1. The molecule has 0 spiro atoms. The van der Waals surface area contributed by atoms with Crippen molar-refractivity contribution < 1.29 is 0 Å². The Labute approximate surface area is 106 Å². The first kappa shape index (κ1) is 10.5. The van der Waals surface area contributed by atoms with Crippen molar-refractivity contribution in [1.29, 1.82) is 0 Å². The van der Waals surface area contributed by atoms with Gasteiger partial charge < -0.3 is 9.88 Å². The van der Waals surface area contributed by atoms with Crippen molar-refractivity contribution in [3.8, 4) is 0 Å². The zero-order valence-electron chi connectivity index (χ0n) is 8.98. The summed E-state index contributed by atoms with van der Waals surface area (Å²) in [4.78, 5) is 20.4. The molecule has 1 aliphatic rings. The first-order valence-corrected chi connectivity index (χ1v) is 6.10. The van der Waals surface area contributed by atoms with Crippen molar-refractivity contribution >= 4 is 21.7 Å². The second-order valence-electron chi connectivity index (χ2n) is 3.99. The van der Waals surface area contributed by atoms with Gasteiger partial charge in [0, 0.05) is 13.1 Å². The Balaban J connectivity index is 2.00. The van der Waals surface area contributed by atoms with Gasteiger partial charge in [0.25, 0.3) is 5.56 Å². The summed E-state index contributed by atoms with van der Waals surface area (Å²) in [7, 11) is 0. The van der Waals surface area contributed by atoms with Gasteiger partial charge >= 0.3 is 0 Å². The number of hydrogen-bond acceptors (Lipinski definition) is 3. The van der Waals surface area contributed by atoms with Crippen LogP contribution in [0.5, 0.6) is 0 Å². The summed E-state index contributed by atoms with van der Waals surface area (Å²) in [6.07, 6.45) is 1.44. The number of fused-ring (bicyclic) bond motifs is 1. The number of aromatic nitrogens is 2. The molecule has 0 saturated carbocycles. The standard InChI is InChI=1S/C12H10BrN3O/c13-10-11(14-7-15-12(10)17)16-5-8-3-1-2-4-9(8)6-16/h1-4,7H,5-6H2,(H,14,15,17). The van der Waals surface area contributed by atoms with E-state index in [9.17, 15) is 4.79 Å². The maximum atomic E-state index is 11.5. The molecule has 86 valence electrons. The summed E-state index contributed by atoms with van der Waals surface area (Å²) in [6, 6.07) is 8.28. The summed E-state index contributed by atoms with van der Waals surface area (Å²) >= 11 is 3.29. The van der Waals surface area contributed by atoms with E-state index in [4.69, 9.17) is 0 Å². The van der Waals surface area contributed by atoms with Crippen LogP contribution in [0, 0.1) is 0 Å². The van der Waals surface area contributed by atoms with Crippen LogP contribution in [0.2, 0.25) is 0 Å². The third-order valence-electron chi connectivity index (χ3n) is 2.92. The number of rotatable bonds is 1. The van der Waals surface area contributed by atoms with E-state index in [1.165, 1.54) is 17.5 Å². The molecule has 0 aliphatic carbocycles. The van der Waals surface area contributed by atoms with E-state index in [1.807, 2.05) is 12.1 Å². The molecule has 1 aromatic carbocycles. The van der Waals surface area contributed by atoms with E-state index in [0.29, 0.717) is 10.3 Å². The maximum absolute atomic E-state index is 11.5. The fourth-order valence-corrected chi connectivity index (χ4v) is 2.54. The number of halogens is 1. The van der Waals surface area contributed by atoms with Crippen molar-refractivity contribution in [2.45, 2.75) is 13.1 Å². The first-order chi connectivity index (χ1) is 8.25. The highest BCUT2D eigenvalue weighted by Crippen LogP contribution is 2.29. The van der Waals surface area contributed by atoms with E-state index in [0.717, 1.165) is 13.1 Å². The normalized spacial score (nSPS) is 13.8. The van der Waals surface area contributed by atoms with Gasteiger partial charge in [0.15, 0.2) is 5.82 Å². The lowest BCUT2D eigenvalue weighted by molar-refractivity contribution is 0.842. The van der Waals surface area contributed by atoms with E-state index < -0.39 is 0 Å². The van der Waals surface area contributed by atoms with Crippen molar-refractivity contribution in [1.82, 2.24) is 9.97 Å². The summed E-state index contributed by atoms with van der Waals surface area (Å²) in [5, 5.41) is 0. The number of anilines is 1. The molecule has 0 atom stereocenters. The fraction of sp³-hybridized carbons (Fsp3) is 0.167. The van der Waals surface area contributed by atoms with Crippen molar-refractivity contribution in [2.75, 3.05) is 4.90 Å². The van der Waals surface area contributed by atoms with Gasteiger partial charge in [-0.3, -0.25) is 4.79 Å². The molecule has 0 bridgehead atoms. The highest BCUT2D eigenvalue weighted by atomic mass is 79.9. The molecule has 0 fully saturated rings. The van der Waals surface area contributed by atoms with E-state index >= 15 is 0 Å². The first-order valence-electron chi connectivity index (χ1n) is 5.30. The molecular weight excluding hydrogens is 282 g/mol. The lowest BCUT2D eigenvalue weighted by Crippen LogP contribution is -2.20. The van der Waals surface area contributed by atoms with Gasteiger partial charge in [0.2, 0.25) is 0 Å². The molecule has 2 heterocycles. The van der Waals surface area contributed by atoms with E-state index in [-0.39, 0.29) is 5.56 Å². The Morgan fingerprint density at radius 2 is 1.88 bits per heavy atom. The highest BCUT2D eigenvalue weighted by Gasteiger charge is 2.22. The highest BCUT2D eigenvalue weighted by molar-refractivity contribution is 9.10. The Kier molecular flexibility index (Phi) is 2.48. The van der Waals surface area contributed by atoms with Crippen LogP contribution < -0.4 is 10.5 Å². The number of aromatic amines is 1. The van der Waals surface area contributed by atoms with Crippen molar-refractivity contribution in [3.63, 3.8) is 0 Å². The molecule has 5 heteroatoms. The zero-order valence-corrected chi connectivity index (χ0v) is 10.6. The smallest absolute Gasteiger partial charge is 0.267 e. The Morgan fingerprint density at radius 1 is 1.24 bits per heavy atom. The fourth-order valence-electron chi connectivity index (χ4n) is 2.08. The van der Waals surface area contributed by atoms with Crippen LogP contribution in [0.15, 0.2) is 39.9 Å². The molecule has 17 heavy (non-hydrogen) atoms. The second kappa shape index (κ2) is 4.00. The van der Waals surface area contributed by atoms with Gasteiger partial charge in [-0.1, -0.05) is 24.3 Å². The second-order valence-corrected chi connectivity index (χ2v) is 4.79. The van der Waals surface area contributed by atoms with Crippen LogP contribution in [-0.2, 0) is 13.1 Å². The van der Waals surface area contributed by atoms with Crippen molar-refractivity contribution in [3.05, 3.63) is 56.5 Å². The minimum atomic E-state index is -0.147. The van der Waals surface area contributed by atoms with Crippen molar-refractivity contribution in [2.24, 2.45) is 0 Å². The zero-order chi connectivity index (χ0) is 11.8. The summed E-state index contributed by atoms with van der Waals surface area (Å²) in [6.45, 7) is 1.59. The summed E-state index contributed by atoms with van der Waals surface area (Å²) in [5.74, 6) is 0.699. The maximum Gasteiger partial charge on any atom is 0.267 e. The molecule has 4 nitrogen and oxygen atoms in total. The molecule has 0 amide bonds. The van der Waals surface area contributed by atoms with E-state index in [1.54, 1.807) is 0 Å². The monoisotopic (exact) mass is 291 g/mol. The topological polar surface area (TPSA) is 49.0 Å². The molecule has 1 N–H and O–H groups in total. The predicted octanol–water partition coefficient (Wildman–Crippen LogP) is 2.05. The number of H-pyrrole nitrogens is 1. The molecule has 2 aromatic rings. The lowest BCUT2D eigenvalue weighted by Gasteiger charge is -2.16. The summed E-state index contributed by atoms with van der Waals surface area (Å²) in [5.41, 5.74) is 2.44. The minimum Gasteiger partial charge on any atom is -0.347 e. The molecule has 1 aromatic heterocycles. The minimum absolute atomic E-state index is 0.147. The Hall–Kier alpha value is -1.62. The SMILES string of the molecule is O=c1[nH]cnc(N2Cc3ccccc3C2)c1Br. The molecule has 0 saturated heterocycles. The van der Waals surface area contributed by atoms with Gasteiger partial charge in [0.1, 0.15) is 4.47 Å². The number of benzene rings is 1. The van der Waals surface area contributed by atoms with Crippen LogP contribution in [-0.4, -0.2) is 9.97 Å². The molecule has 0 unspecified atom stereocenters. The van der Waals surface area contributed by atoms with Gasteiger partial charge in [-0.2, -0.15) is 0 Å². The number of hydrogen-bond donors (Lipinski definition) is 1. The molecule has 1 aliphatic heterocycles. The van der Waals surface area contributed by atoms with Crippen LogP contribution >= 0.6 is 15.9 Å². The Bertz CT molecular complexity index is 598. The van der Waals surface area contributed by atoms with Crippen LogP contribution in [0.25, 0.3) is 0 Å².